The fraction of sp³-hybridized carbons (Fsp3) is 0.591. The van der Waals surface area contributed by atoms with Gasteiger partial charge in [0.1, 0.15) is 6.17 Å². The molecular formula is C22H32BrN3O. The number of amides is 1. The maximum absolute atomic E-state index is 13.1. The van der Waals surface area contributed by atoms with Crippen LogP contribution >= 0.6 is 15.9 Å². The lowest BCUT2D eigenvalue weighted by Crippen LogP contribution is -2.50. The molecule has 0 spiro atoms. The second-order valence-corrected chi connectivity index (χ2v) is 9.09. The number of fused-ring (bicyclic) bond motifs is 1. The molecule has 27 heavy (non-hydrogen) atoms. The molecule has 1 N–H and O–H groups in total. The number of rotatable bonds is 7. The van der Waals surface area contributed by atoms with Crippen LogP contribution in [0.15, 0.2) is 36.0 Å². The number of hydrogen-bond donors (Lipinski definition) is 1. The van der Waals surface area contributed by atoms with E-state index in [0.29, 0.717) is 17.2 Å². The van der Waals surface area contributed by atoms with Crippen LogP contribution in [0.3, 0.4) is 0 Å². The van der Waals surface area contributed by atoms with Gasteiger partial charge < -0.3 is 15.1 Å². The normalized spacial score (nSPS) is 24.6. The summed E-state index contributed by atoms with van der Waals surface area (Å²) in [5.41, 5.74) is 3.46. The van der Waals surface area contributed by atoms with Gasteiger partial charge in [-0.1, -0.05) is 67.0 Å². The maximum atomic E-state index is 13.1. The van der Waals surface area contributed by atoms with Crippen LogP contribution in [-0.2, 0) is 4.79 Å². The summed E-state index contributed by atoms with van der Waals surface area (Å²) in [7, 11) is 0. The first kappa shape index (κ1) is 20.2. The number of hydrogen-bond acceptors (Lipinski definition) is 3. The predicted molar refractivity (Wildman–Crippen MR) is 115 cm³/mol. The molecule has 1 saturated heterocycles. The minimum atomic E-state index is 0.244. The number of carbonyl (C=O) groups is 1. The van der Waals surface area contributed by atoms with Gasteiger partial charge in [-0.05, 0) is 30.7 Å². The SMILES string of the molecule is CCCN(CCC)C(=O)CC1=C(c2ccccc2)NC2C(C)CC(Br)CN12. The van der Waals surface area contributed by atoms with Crippen molar-refractivity contribution in [1.29, 1.82) is 0 Å². The van der Waals surface area contributed by atoms with E-state index in [1.54, 1.807) is 0 Å². The number of carbonyl (C=O) groups excluding carboxylic acids is 1. The van der Waals surface area contributed by atoms with Gasteiger partial charge in [-0.25, -0.2) is 0 Å². The fourth-order valence-corrected chi connectivity index (χ4v) is 5.22. The van der Waals surface area contributed by atoms with Crippen LogP contribution < -0.4 is 5.32 Å². The lowest BCUT2D eigenvalue weighted by atomic mass is 9.96. The van der Waals surface area contributed by atoms with Crippen LogP contribution in [0.4, 0.5) is 0 Å². The number of benzene rings is 1. The third-order valence-corrected chi connectivity index (χ3v) is 6.21. The Morgan fingerprint density at radius 3 is 2.52 bits per heavy atom. The Morgan fingerprint density at radius 1 is 1.22 bits per heavy atom. The molecule has 0 bridgehead atoms. The van der Waals surface area contributed by atoms with Gasteiger partial charge in [0.25, 0.3) is 0 Å². The molecule has 2 heterocycles. The molecule has 0 saturated carbocycles. The first-order chi connectivity index (χ1) is 13.0. The summed E-state index contributed by atoms with van der Waals surface area (Å²) in [6, 6.07) is 10.4. The van der Waals surface area contributed by atoms with E-state index in [4.69, 9.17) is 0 Å². The fourth-order valence-electron chi connectivity index (χ4n) is 4.31. The molecule has 3 atom stereocenters. The first-order valence-corrected chi connectivity index (χ1v) is 11.2. The molecule has 3 unspecified atom stereocenters. The molecule has 1 amide bonds. The van der Waals surface area contributed by atoms with Crippen molar-refractivity contribution in [3.05, 3.63) is 41.6 Å². The van der Waals surface area contributed by atoms with E-state index >= 15 is 0 Å². The van der Waals surface area contributed by atoms with Gasteiger partial charge in [0.2, 0.25) is 5.91 Å². The Labute approximate surface area is 172 Å². The molecule has 0 radical (unpaired) electrons. The molecular weight excluding hydrogens is 402 g/mol. The van der Waals surface area contributed by atoms with Gasteiger partial charge in [0.15, 0.2) is 0 Å². The molecule has 4 nitrogen and oxygen atoms in total. The average Bonchev–Trinajstić information content (AvgIpc) is 3.01. The van der Waals surface area contributed by atoms with Crippen molar-refractivity contribution >= 4 is 27.5 Å². The highest BCUT2D eigenvalue weighted by Crippen LogP contribution is 2.38. The third kappa shape index (κ3) is 4.50. The Hall–Kier alpha value is -1.49. The highest BCUT2D eigenvalue weighted by atomic mass is 79.9. The monoisotopic (exact) mass is 433 g/mol. The van der Waals surface area contributed by atoms with Crippen LogP contribution in [-0.4, -0.2) is 46.3 Å². The predicted octanol–water partition coefficient (Wildman–Crippen LogP) is 4.43. The lowest BCUT2D eigenvalue weighted by Gasteiger charge is -2.40. The summed E-state index contributed by atoms with van der Waals surface area (Å²) in [5, 5.41) is 3.75. The van der Waals surface area contributed by atoms with Crippen LogP contribution in [0.5, 0.6) is 0 Å². The average molecular weight is 434 g/mol. The Kier molecular flexibility index (Phi) is 6.85. The number of alkyl halides is 1. The molecule has 1 aromatic carbocycles. The molecule has 1 fully saturated rings. The minimum absolute atomic E-state index is 0.244. The van der Waals surface area contributed by atoms with Crippen molar-refractivity contribution in [2.24, 2.45) is 5.92 Å². The summed E-state index contributed by atoms with van der Waals surface area (Å²) in [6.45, 7) is 9.21. The van der Waals surface area contributed by atoms with Crippen molar-refractivity contribution in [3.8, 4) is 0 Å². The molecule has 2 aliphatic heterocycles. The lowest BCUT2D eigenvalue weighted by molar-refractivity contribution is -0.130. The summed E-state index contributed by atoms with van der Waals surface area (Å²) in [4.78, 5) is 18.0. The summed E-state index contributed by atoms with van der Waals surface area (Å²) >= 11 is 3.83. The van der Waals surface area contributed by atoms with Crippen molar-refractivity contribution in [3.63, 3.8) is 0 Å². The number of halogens is 1. The van der Waals surface area contributed by atoms with E-state index in [0.717, 1.165) is 50.3 Å². The molecule has 5 heteroatoms. The Morgan fingerprint density at radius 2 is 1.89 bits per heavy atom. The van der Waals surface area contributed by atoms with E-state index in [2.05, 4.69) is 71.2 Å². The van der Waals surface area contributed by atoms with Crippen molar-refractivity contribution < 1.29 is 4.79 Å². The largest absolute Gasteiger partial charge is 0.363 e. The van der Waals surface area contributed by atoms with Crippen LogP contribution in [0.25, 0.3) is 5.70 Å². The topological polar surface area (TPSA) is 35.6 Å². The number of nitrogens with one attached hydrogen (secondary N) is 1. The van der Waals surface area contributed by atoms with E-state index < -0.39 is 0 Å². The van der Waals surface area contributed by atoms with E-state index in [1.807, 2.05) is 11.0 Å². The smallest absolute Gasteiger partial charge is 0.228 e. The first-order valence-electron chi connectivity index (χ1n) is 10.3. The summed E-state index contributed by atoms with van der Waals surface area (Å²) in [5.74, 6) is 0.769. The highest BCUT2D eigenvalue weighted by molar-refractivity contribution is 9.09. The second-order valence-electron chi connectivity index (χ2n) is 7.80. The molecule has 0 aromatic heterocycles. The van der Waals surface area contributed by atoms with E-state index in [9.17, 15) is 4.79 Å². The van der Waals surface area contributed by atoms with Crippen molar-refractivity contribution in [1.82, 2.24) is 15.1 Å². The minimum Gasteiger partial charge on any atom is -0.363 e. The molecule has 3 rings (SSSR count). The zero-order valence-electron chi connectivity index (χ0n) is 16.7. The number of nitrogens with zero attached hydrogens (tertiary/aromatic N) is 2. The van der Waals surface area contributed by atoms with Crippen LogP contribution in [0, 0.1) is 5.92 Å². The van der Waals surface area contributed by atoms with Crippen LogP contribution in [0.2, 0.25) is 0 Å². The zero-order chi connectivity index (χ0) is 19.4. The molecule has 0 aliphatic carbocycles. The van der Waals surface area contributed by atoms with Crippen molar-refractivity contribution in [2.45, 2.75) is 57.4 Å². The Balaban J connectivity index is 1.91. The quantitative estimate of drug-likeness (QED) is 0.645. The van der Waals surface area contributed by atoms with Gasteiger partial charge in [-0.15, -0.1) is 0 Å². The van der Waals surface area contributed by atoms with Crippen molar-refractivity contribution in [2.75, 3.05) is 19.6 Å². The van der Waals surface area contributed by atoms with Gasteiger partial charge in [0.05, 0.1) is 12.1 Å². The Bertz CT molecular complexity index is 669. The standard InChI is InChI=1S/C22H32BrN3O/c1-4-11-25(12-5-2)20(27)14-19-21(17-9-7-6-8-10-17)24-22-16(3)13-18(23)15-26(19)22/h6-10,16,18,22,24H,4-5,11-15H2,1-3H3. The van der Waals surface area contributed by atoms with Crippen LogP contribution in [0.1, 0.15) is 52.0 Å². The maximum Gasteiger partial charge on any atom is 0.228 e. The number of piperidine rings is 1. The van der Waals surface area contributed by atoms with E-state index in [-0.39, 0.29) is 12.1 Å². The van der Waals surface area contributed by atoms with Gasteiger partial charge in [-0.3, -0.25) is 4.79 Å². The second kappa shape index (κ2) is 9.13. The summed E-state index contributed by atoms with van der Waals surface area (Å²) < 4.78 is 0. The summed E-state index contributed by atoms with van der Waals surface area (Å²) in [6.07, 6.45) is 3.90. The molecule has 148 valence electrons. The zero-order valence-corrected chi connectivity index (χ0v) is 18.3. The molecule has 1 aromatic rings. The van der Waals surface area contributed by atoms with Gasteiger partial charge in [0, 0.05) is 30.2 Å². The van der Waals surface area contributed by atoms with Gasteiger partial charge >= 0.3 is 0 Å². The van der Waals surface area contributed by atoms with Gasteiger partial charge in [-0.2, -0.15) is 0 Å². The van der Waals surface area contributed by atoms with E-state index in [1.165, 1.54) is 5.56 Å². The third-order valence-electron chi connectivity index (χ3n) is 5.55. The molecule has 2 aliphatic rings. The highest BCUT2D eigenvalue weighted by Gasteiger charge is 2.40.